The number of nitrogens with one attached hydrogen (secondary N) is 1. The first-order chi connectivity index (χ1) is 10.9. The van der Waals surface area contributed by atoms with Gasteiger partial charge >= 0.3 is 6.09 Å². The van der Waals surface area contributed by atoms with E-state index in [1.54, 1.807) is 6.07 Å². The van der Waals surface area contributed by atoms with Gasteiger partial charge in [0.25, 0.3) is 0 Å². The molecule has 2 aromatic rings. The molecule has 0 unspecified atom stereocenters. The third kappa shape index (κ3) is 5.25. The fourth-order valence-electron chi connectivity index (χ4n) is 2.21. The highest BCUT2D eigenvalue weighted by Crippen LogP contribution is 2.20. The lowest BCUT2D eigenvalue weighted by molar-refractivity contribution is 0.0635. The van der Waals surface area contributed by atoms with Gasteiger partial charge in [-0.25, -0.2) is 4.79 Å². The first-order valence-corrected chi connectivity index (χ1v) is 7.49. The maximum Gasteiger partial charge on any atom is 0.412 e. The lowest BCUT2D eigenvalue weighted by Gasteiger charge is -2.20. The van der Waals surface area contributed by atoms with Crippen LogP contribution >= 0.6 is 0 Å². The van der Waals surface area contributed by atoms with Crippen LogP contribution in [0.1, 0.15) is 42.3 Å². The van der Waals surface area contributed by atoms with Crippen molar-refractivity contribution in [2.24, 2.45) is 0 Å². The van der Waals surface area contributed by atoms with E-state index in [2.05, 4.69) is 5.32 Å². The van der Waals surface area contributed by atoms with Gasteiger partial charge in [-0.3, -0.25) is 10.1 Å². The Hall–Kier alpha value is -2.62. The van der Waals surface area contributed by atoms with Gasteiger partial charge in [0, 0.05) is 11.3 Å². The Kier molecular flexibility index (Phi) is 5.16. The number of aldehydes is 1. The monoisotopic (exact) mass is 311 g/mol. The topological polar surface area (TPSA) is 55.4 Å². The van der Waals surface area contributed by atoms with Crippen LogP contribution in [0.25, 0.3) is 0 Å². The summed E-state index contributed by atoms with van der Waals surface area (Å²) >= 11 is 0. The molecule has 120 valence electrons. The predicted molar refractivity (Wildman–Crippen MR) is 90.9 cm³/mol. The van der Waals surface area contributed by atoms with Gasteiger partial charge in [-0.1, -0.05) is 36.4 Å². The number of rotatable bonds is 4. The smallest absolute Gasteiger partial charge is 0.412 e. The van der Waals surface area contributed by atoms with Gasteiger partial charge in [0.15, 0.2) is 0 Å². The third-order valence-electron chi connectivity index (χ3n) is 3.13. The number of carbonyl (C=O) groups excluding carboxylic acids is 2. The molecule has 0 saturated heterocycles. The number of hydrogen-bond donors (Lipinski definition) is 1. The maximum absolute atomic E-state index is 12.0. The molecular weight excluding hydrogens is 290 g/mol. The van der Waals surface area contributed by atoms with Crippen LogP contribution in [0.5, 0.6) is 0 Å². The van der Waals surface area contributed by atoms with Crippen molar-refractivity contribution in [1.82, 2.24) is 0 Å². The summed E-state index contributed by atoms with van der Waals surface area (Å²) in [7, 11) is 0. The van der Waals surface area contributed by atoms with E-state index in [1.807, 2.05) is 63.2 Å². The predicted octanol–water partition coefficient (Wildman–Crippen LogP) is 4.44. The molecule has 23 heavy (non-hydrogen) atoms. The number of ether oxygens (including phenoxy) is 1. The molecule has 4 nitrogen and oxygen atoms in total. The minimum Gasteiger partial charge on any atom is -0.444 e. The Bertz CT molecular complexity index is 702. The van der Waals surface area contributed by atoms with E-state index < -0.39 is 11.7 Å². The van der Waals surface area contributed by atoms with Gasteiger partial charge in [-0.15, -0.1) is 0 Å². The van der Waals surface area contributed by atoms with Crippen molar-refractivity contribution >= 4 is 18.1 Å². The van der Waals surface area contributed by atoms with Crippen molar-refractivity contribution in [3.05, 3.63) is 65.2 Å². The molecule has 0 heterocycles. The van der Waals surface area contributed by atoms with Gasteiger partial charge in [-0.05, 0) is 50.5 Å². The number of benzene rings is 2. The summed E-state index contributed by atoms with van der Waals surface area (Å²) in [6, 6.07) is 15.0. The minimum atomic E-state index is -0.544. The second kappa shape index (κ2) is 7.09. The Morgan fingerprint density at radius 1 is 1.13 bits per heavy atom. The molecule has 0 radical (unpaired) electrons. The van der Waals surface area contributed by atoms with Crippen LogP contribution < -0.4 is 5.32 Å². The molecule has 0 aliphatic carbocycles. The normalized spacial score (nSPS) is 10.9. The molecule has 0 spiro atoms. The van der Waals surface area contributed by atoms with Crippen LogP contribution in [0.4, 0.5) is 10.5 Å². The molecule has 2 aromatic carbocycles. The van der Waals surface area contributed by atoms with Crippen molar-refractivity contribution in [3.63, 3.8) is 0 Å². The fourth-order valence-corrected chi connectivity index (χ4v) is 2.21. The van der Waals surface area contributed by atoms with Crippen molar-refractivity contribution < 1.29 is 14.3 Å². The second-order valence-corrected chi connectivity index (χ2v) is 6.32. The molecule has 4 heteroatoms. The summed E-state index contributed by atoms with van der Waals surface area (Å²) < 4.78 is 5.29. The van der Waals surface area contributed by atoms with Crippen LogP contribution in [0.15, 0.2) is 48.5 Å². The molecule has 0 aromatic heterocycles. The van der Waals surface area contributed by atoms with Gasteiger partial charge in [0.1, 0.15) is 11.9 Å². The average molecular weight is 311 g/mol. The molecule has 0 atom stereocenters. The molecule has 2 rings (SSSR count). The zero-order chi connectivity index (χ0) is 16.9. The average Bonchev–Trinajstić information content (AvgIpc) is 2.47. The summed E-state index contributed by atoms with van der Waals surface area (Å²) in [5.74, 6) is 0. The Labute approximate surface area is 136 Å². The number of carbonyl (C=O) groups is 2. The summed E-state index contributed by atoms with van der Waals surface area (Å²) in [5, 5.41) is 2.79. The van der Waals surface area contributed by atoms with Gasteiger partial charge < -0.3 is 4.74 Å². The molecule has 0 aliphatic rings. The summed E-state index contributed by atoms with van der Waals surface area (Å²) in [5.41, 5.74) is 2.77. The third-order valence-corrected chi connectivity index (χ3v) is 3.13. The Balaban J connectivity index is 2.17. The zero-order valence-electron chi connectivity index (χ0n) is 13.6. The fraction of sp³-hybridized carbons (Fsp3) is 0.263. The molecule has 0 bridgehead atoms. The minimum absolute atomic E-state index is 0.480. The van der Waals surface area contributed by atoms with Crippen LogP contribution in [-0.2, 0) is 11.2 Å². The zero-order valence-corrected chi connectivity index (χ0v) is 13.6. The van der Waals surface area contributed by atoms with E-state index in [0.717, 1.165) is 17.4 Å². The number of anilines is 1. The van der Waals surface area contributed by atoms with Crippen LogP contribution in [0.3, 0.4) is 0 Å². The Morgan fingerprint density at radius 2 is 1.87 bits per heavy atom. The van der Waals surface area contributed by atoms with Crippen LogP contribution in [0, 0.1) is 0 Å². The molecule has 1 N–H and O–H groups in total. The molecule has 1 amide bonds. The van der Waals surface area contributed by atoms with E-state index in [1.165, 1.54) is 0 Å². The maximum atomic E-state index is 12.0. The number of hydrogen-bond acceptors (Lipinski definition) is 3. The molecule has 0 aliphatic heterocycles. The van der Waals surface area contributed by atoms with E-state index in [9.17, 15) is 9.59 Å². The van der Waals surface area contributed by atoms with Crippen molar-refractivity contribution in [2.75, 3.05) is 5.32 Å². The van der Waals surface area contributed by atoms with Crippen molar-refractivity contribution in [3.8, 4) is 0 Å². The van der Waals surface area contributed by atoms with Crippen molar-refractivity contribution in [1.29, 1.82) is 0 Å². The quantitative estimate of drug-likeness (QED) is 0.849. The van der Waals surface area contributed by atoms with Crippen LogP contribution in [0.2, 0.25) is 0 Å². The van der Waals surface area contributed by atoms with E-state index in [4.69, 9.17) is 4.74 Å². The molecule has 0 saturated carbocycles. The van der Waals surface area contributed by atoms with Crippen molar-refractivity contribution in [2.45, 2.75) is 32.8 Å². The molecular formula is C19H21NO3. The lowest BCUT2D eigenvalue weighted by atomic mass is 10.0. The highest BCUT2D eigenvalue weighted by molar-refractivity contribution is 5.86. The Morgan fingerprint density at radius 3 is 2.57 bits per heavy atom. The first kappa shape index (κ1) is 16.7. The van der Waals surface area contributed by atoms with Gasteiger partial charge in [-0.2, -0.15) is 0 Å². The number of amides is 1. The summed E-state index contributed by atoms with van der Waals surface area (Å²) in [6.07, 6.45) is 0.966. The largest absolute Gasteiger partial charge is 0.444 e. The standard InChI is InChI=1S/C19H21NO3/c1-19(2,3)23-18(22)20-17-10-5-4-9-16(17)12-14-7-6-8-15(11-14)13-21/h4-11,13H,12H2,1-3H3,(H,20,22). The highest BCUT2D eigenvalue weighted by Gasteiger charge is 2.17. The SMILES string of the molecule is CC(C)(C)OC(=O)Nc1ccccc1Cc1cccc(C=O)c1. The highest BCUT2D eigenvalue weighted by atomic mass is 16.6. The molecule has 0 fully saturated rings. The van der Waals surface area contributed by atoms with Crippen LogP contribution in [-0.4, -0.2) is 18.0 Å². The summed E-state index contributed by atoms with van der Waals surface area (Å²) in [6.45, 7) is 5.47. The number of para-hydroxylation sites is 1. The first-order valence-electron chi connectivity index (χ1n) is 7.49. The van der Waals surface area contributed by atoms with E-state index in [-0.39, 0.29) is 0 Å². The second-order valence-electron chi connectivity index (χ2n) is 6.32. The van der Waals surface area contributed by atoms with E-state index in [0.29, 0.717) is 17.7 Å². The lowest BCUT2D eigenvalue weighted by Crippen LogP contribution is -2.27. The van der Waals surface area contributed by atoms with Gasteiger partial charge in [0.2, 0.25) is 0 Å². The summed E-state index contributed by atoms with van der Waals surface area (Å²) in [4.78, 5) is 22.8. The van der Waals surface area contributed by atoms with Gasteiger partial charge in [0.05, 0.1) is 0 Å². The van der Waals surface area contributed by atoms with E-state index >= 15 is 0 Å².